The summed E-state index contributed by atoms with van der Waals surface area (Å²) in [7, 11) is -3.81. The molecule has 0 aliphatic heterocycles. The van der Waals surface area contributed by atoms with E-state index in [1.165, 1.54) is 0 Å². The lowest BCUT2D eigenvalue weighted by molar-refractivity contribution is 0.584. The molecule has 0 unspecified atom stereocenters. The van der Waals surface area contributed by atoms with Gasteiger partial charge in [-0.1, -0.05) is 29.8 Å². The molecule has 0 amide bonds. The molecular weight excluding hydrogens is 308 g/mol. The van der Waals surface area contributed by atoms with Crippen LogP contribution in [-0.4, -0.2) is 8.42 Å². The van der Waals surface area contributed by atoms with E-state index in [4.69, 9.17) is 11.6 Å². The first-order valence-corrected chi connectivity index (χ1v) is 7.59. The lowest BCUT2D eigenvalue weighted by Crippen LogP contribution is -2.15. The maximum atomic E-state index is 13.0. The van der Waals surface area contributed by atoms with Gasteiger partial charge in [-0.25, -0.2) is 17.2 Å². The van der Waals surface area contributed by atoms with Crippen LogP contribution >= 0.6 is 11.6 Å². The smallest absolute Gasteiger partial charge is 0.236 e. The van der Waals surface area contributed by atoms with E-state index in [2.05, 4.69) is 4.72 Å². The fourth-order valence-electron chi connectivity index (χ4n) is 1.65. The van der Waals surface area contributed by atoms with Crippen molar-refractivity contribution < 1.29 is 17.2 Å². The van der Waals surface area contributed by atoms with Gasteiger partial charge in [-0.15, -0.1) is 0 Å². The fraction of sp³-hybridized carbons (Fsp3) is 0.0769. The van der Waals surface area contributed by atoms with Crippen molar-refractivity contribution in [2.75, 3.05) is 4.72 Å². The van der Waals surface area contributed by atoms with Crippen LogP contribution < -0.4 is 4.72 Å². The van der Waals surface area contributed by atoms with Crippen molar-refractivity contribution in [1.29, 1.82) is 0 Å². The van der Waals surface area contributed by atoms with E-state index in [1.54, 1.807) is 24.3 Å². The Labute approximate surface area is 120 Å². The van der Waals surface area contributed by atoms with Crippen LogP contribution in [0.2, 0.25) is 5.02 Å². The van der Waals surface area contributed by atoms with Gasteiger partial charge >= 0.3 is 0 Å². The Balaban J connectivity index is 2.21. The molecule has 0 aliphatic rings. The molecule has 106 valence electrons. The van der Waals surface area contributed by atoms with Gasteiger partial charge in [-0.3, -0.25) is 4.72 Å². The summed E-state index contributed by atoms with van der Waals surface area (Å²) in [4.78, 5) is 0. The minimum Gasteiger partial charge on any atom is -0.283 e. The van der Waals surface area contributed by atoms with Crippen LogP contribution in [0.4, 0.5) is 14.5 Å². The molecule has 0 radical (unpaired) electrons. The van der Waals surface area contributed by atoms with E-state index in [0.717, 1.165) is 12.1 Å². The third kappa shape index (κ3) is 3.91. The Bertz CT molecular complexity index is 715. The predicted octanol–water partition coefficient (Wildman–Crippen LogP) is 3.56. The Morgan fingerprint density at radius 1 is 1.05 bits per heavy atom. The minimum absolute atomic E-state index is 0.172. The molecule has 0 saturated carbocycles. The average Bonchev–Trinajstić information content (AvgIpc) is 2.29. The Morgan fingerprint density at radius 3 is 2.25 bits per heavy atom. The third-order valence-electron chi connectivity index (χ3n) is 2.44. The van der Waals surface area contributed by atoms with Gasteiger partial charge in [0.15, 0.2) is 0 Å². The van der Waals surface area contributed by atoms with E-state index in [1.807, 2.05) is 0 Å². The third-order valence-corrected chi connectivity index (χ3v) is 4.05. The number of benzene rings is 2. The first-order valence-electron chi connectivity index (χ1n) is 5.56. The molecule has 0 fully saturated rings. The molecular formula is C13H10ClF2NO2S. The predicted molar refractivity (Wildman–Crippen MR) is 74.1 cm³/mol. The van der Waals surface area contributed by atoms with Crippen molar-refractivity contribution in [2.45, 2.75) is 5.75 Å². The van der Waals surface area contributed by atoms with Crippen LogP contribution in [0.25, 0.3) is 0 Å². The van der Waals surface area contributed by atoms with Crippen molar-refractivity contribution in [1.82, 2.24) is 0 Å². The van der Waals surface area contributed by atoms with Gasteiger partial charge in [-0.2, -0.15) is 0 Å². The largest absolute Gasteiger partial charge is 0.283 e. The second-order valence-corrected chi connectivity index (χ2v) is 6.24. The summed E-state index contributed by atoms with van der Waals surface area (Å²) in [5, 5.41) is 0.309. The molecule has 0 aliphatic carbocycles. The van der Waals surface area contributed by atoms with Crippen LogP contribution in [0.5, 0.6) is 0 Å². The highest BCUT2D eigenvalue weighted by molar-refractivity contribution is 7.91. The molecule has 0 heterocycles. The highest BCUT2D eigenvalue weighted by atomic mass is 35.5. The van der Waals surface area contributed by atoms with Crippen molar-refractivity contribution >= 4 is 27.3 Å². The molecule has 0 spiro atoms. The monoisotopic (exact) mass is 317 g/mol. The lowest BCUT2D eigenvalue weighted by atomic mass is 10.2. The summed E-state index contributed by atoms with van der Waals surface area (Å²) >= 11 is 5.87. The summed E-state index contributed by atoms with van der Waals surface area (Å²) in [6.07, 6.45) is 0. The molecule has 2 aromatic carbocycles. The summed E-state index contributed by atoms with van der Waals surface area (Å²) in [6.45, 7) is 0. The first-order chi connectivity index (χ1) is 9.35. The molecule has 0 saturated heterocycles. The van der Waals surface area contributed by atoms with E-state index in [0.29, 0.717) is 16.7 Å². The van der Waals surface area contributed by atoms with Gasteiger partial charge < -0.3 is 0 Å². The second-order valence-electron chi connectivity index (χ2n) is 4.11. The highest BCUT2D eigenvalue weighted by Gasteiger charge is 2.14. The van der Waals surface area contributed by atoms with Crippen molar-refractivity contribution in [3.8, 4) is 0 Å². The number of anilines is 1. The van der Waals surface area contributed by atoms with E-state index < -0.39 is 21.7 Å². The number of hydrogen-bond acceptors (Lipinski definition) is 2. The van der Waals surface area contributed by atoms with E-state index >= 15 is 0 Å². The van der Waals surface area contributed by atoms with Gasteiger partial charge in [0.1, 0.15) is 11.6 Å². The highest BCUT2D eigenvalue weighted by Crippen LogP contribution is 2.20. The molecule has 0 aromatic heterocycles. The topological polar surface area (TPSA) is 46.2 Å². The number of nitrogens with one attached hydrogen (secondary N) is 1. The Kier molecular flexibility index (Phi) is 4.25. The zero-order valence-corrected chi connectivity index (χ0v) is 11.7. The molecule has 20 heavy (non-hydrogen) atoms. The van der Waals surface area contributed by atoms with Crippen LogP contribution in [0.15, 0.2) is 42.5 Å². The second kappa shape index (κ2) is 5.76. The zero-order chi connectivity index (χ0) is 14.8. The van der Waals surface area contributed by atoms with Crippen molar-refractivity contribution in [2.24, 2.45) is 0 Å². The molecule has 7 heteroatoms. The SMILES string of the molecule is O=S(=O)(Cc1ccccc1Cl)Nc1cc(F)cc(F)c1. The lowest BCUT2D eigenvalue weighted by Gasteiger charge is -2.09. The molecule has 0 bridgehead atoms. The quantitative estimate of drug-likeness (QED) is 0.937. The molecule has 3 nitrogen and oxygen atoms in total. The number of halogens is 3. The Morgan fingerprint density at radius 2 is 1.65 bits per heavy atom. The summed E-state index contributed by atoms with van der Waals surface area (Å²) in [5.74, 6) is -2.11. The van der Waals surface area contributed by atoms with Crippen LogP contribution in [0.3, 0.4) is 0 Å². The maximum Gasteiger partial charge on any atom is 0.236 e. The van der Waals surface area contributed by atoms with Crippen LogP contribution in [0.1, 0.15) is 5.56 Å². The Hall–Kier alpha value is -1.66. The normalized spacial score (nSPS) is 11.3. The van der Waals surface area contributed by atoms with Gasteiger partial charge in [0, 0.05) is 11.1 Å². The summed E-state index contributed by atoms with van der Waals surface area (Å²) in [5.41, 5.74) is 0.230. The molecule has 0 atom stereocenters. The van der Waals surface area contributed by atoms with Crippen molar-refractivity contribution in [3.63, 3.8) is 0 Å². The van der Waals surface area contributed by atoms with Crippen molar-refractivity contribution in [3.05, 3.63) is 64.7 Å². The van der Waals surface area contributed by atoms with Gasteiger partial charge in [0.25, 0.3) is 0 Å². The van der Waals surface area contributed by atoms with E-state index in [9.17, 15) is 17.2 Å². The van der Waals surface area contributed by atoms with E-state index in [-0.39, 0.29) is 11.4 Å². The van der Waals surface area contributed by atoms with Crippen LogP contribution in [-0.2, 0) is 15.8 Å². The minimum atomic E-state index is -3.81. The van der Waals surface area contributed by atoms with Gasteiger partial charge in [0.05, 0.1) is 11.4 Å². The van der Waals surface area contributed by atoms with Crippen LogP contribution in [0, 0.1) is 11.6 Å². The number of hydrogen-bond donors (Lipinski definition) is 1. The number of sulfonamides is 1. The summed E-state index contributed by atoms with van der Waals surface area (Å²) in [6, 6.07) is 8.90. The maximum absolute atomic E-state index is 13.0. The molecule has 2 aromatic rings. The summed E-state index contributed by atoms with van der Waals surface area (Å²) < 4.78 is 52.0. The molecule has 2 rings (SSSR count). The first kappa shape index (κ1) is 14.7. The number of rotatable bonds is 4. The average molecular weight is 318 g/mol. The zero-order valence-electron chi connectivity index (χ0n) is 10.1. The molecule has 1 N–H and O–H groups in total. The van der Waals surface area contributed by atoms with Gasteiger partial charge in [0.2, 0.25) is 10.0 Å². The fourth-order valence-corrected chi connectivity index (χ4v) is 3.14. The standard InChI is InChI=1S/C13H10ClF2NO2S/c14-13-4-2-1-3-9(13)8-20(18,19)17-12-6-10(15)5-11(16)7-12/h1-7,17H,8H2. The van der Waals surface area contributed by atoms with Gasteiger partial charge in [-0.05, 0) is 23.8 Å².